The number of nitrogens with zero attached hydrogens (tertiary/aromatic N) is 5. The van der Waals surface area contributed by atoms with Crippen molar-refractivity contribution in [2.45, 2.75) is 24.0 Å². The quantitative estimate of drug-likeness (QED) is 0.367. The first-order valence-electron chi connectivity index (χ1n) is 9.25. The third kappa shape index (κ3) is 3.91. The lowest BCUT2D eigenvalue weighted by molar-refractivity contribution is 0.102. The van der Waals surface area contributed by atoms with Crippen LogP contribution in [-0.2, 0) is 0 Å². The number of tetrazole rings is 1. The minimum absolute atomic E-state index is 0.0867. The summed E-state index contributed by atoms with van der Waals surface area (Å²) in [7, 11) is 3.04. The second kappa shape index (κ2) is 8.26. The Bertz CT molecular complexity index is 1260. The Morgan fingerprint density at radius 1 is 1.29 bits per heavy atom. The topological polar surface area (TPSA) is 160 Å². The van der Waals surface area contributed by atoms with Crippen molar-refractivity contribution in [1.29, 1.82) is 0 Å². The molecule has 162 valence electrons. The van der Waals surface area contributed by atoms with E-state index in [1.807, 2.05) is 0 Å². The molecule has 1 saturated carbocycles. The number of thioether (sulfide) groups is 1. The molecule has 0 aliphatic heterocycles. The van der Waals surface area contributed by atoms with Gasteiger partial charge in [-0.15, -0.1) is 5.10 Å². The van der Waals surface area contributed by atoms with Gasteiger partial charge < -0.3 is 15.2 Å². The molecule has 0 bridgehead atoms. The van der Waals surface area contributed by atoms with Crippen molar-refractivity contribution in [2.75, 3.05) is 25.7 Å². The maximum Gasteiger partial charge on any atom is 0.330 e. The number of carbonyl (C=O) groups is 1. The van der Waals surface area contributed by atoms with Crippen LogP contribution >= 0.6 is 11.8 Å². The average Bonchev–Trinajstić information content (AvgIpc) is 3.47. The minimum Gasteiger partial charge on any atom is -0.497 e. The molecule has 0 unspecified atom stereocenters. The number of ketones is 1. The number of hydrogen-bond acceptors (Lipinski definition) is 10. The van der Waals surface area contributed by atoms with Gasteiger partial charge in [-0.2, -0.15) is 4.68 Å². The number of H-pyrrole nitrogens is 1. The number of benzene rings is 1. The number of Topliss-reactive ketones (excluding diaryl/α,β-unsaturated/α-hetero) is 1. The largest absolute Gasteiger partial charge is 0.497 e. The van der Waals surface area contributed by atoms with Gasteiger partial charge in [0.25, 0.3) is 5.56 Å². The molecular formula is C18H19N7O5S. The Morgan fingerprint density at radius 3 is 2.74 bits per heavy atom. The molecule has 2 aromatic heterocycles. The van der Waals surface area contributed by atoms with Gasteiger partial charge in [-0.3, -0.25) is 19.1 Å². The van der Waals surface area contributed by atoms with E-state index in [4.69, 9.17) is 15.2 Å². The molecule has 1 aliphatic rings. The lowest BCUT2D eigenvalue weighted by atomic mass is 10.2. The van der Waals surface area contributed by atoms with Crippen molar-refractivity contribution in [2.24, 2.45) is 0 Å². The third-order valence-corrected chi connectivity index (χ3v) is 5.68. The van der Waals surface area contributed by atoms with E-state index in [0.717, 1.165) is 24.6 Å². The van der Waals surface area contributed by atoms with Gasteiger partial charge in [0.2, 0.25) is 5.16 Å². The van der Waals surface area contributed by atoms with Gasteiger partial charge in [0, 0.05) is 12.1 Å². The molecular weight excluding hydrogens is 426 g/mol. The number of nitrogens with two attached hydrogens (primary N) is 1. The molecule has 3 aromatic rings. The van der Waals surface area contributed by atoms with Crippen LogP contribution in [0.1, 0.15) is 29.2 Å². The van der Waals surface area contributed by atoms with Crippen LogP contribution in [0.15, 0.2) is 32.9 Å². The lowest BCUT2D eigenvalue weighted by Gasteiger charge is -2.12. The molecule has 0 atom stereocenters. The van der Waals surface area contributed by atoms with E-state index in [1.54, 1.807) is 18.2 Å². The number of hydrogen-bond donors (Lipinski definition) is 2. The third-order valence-electron chi connectivity index (χ3n) is 4.76. The standard InChI is InChI=1S/C18H19N7O5S/c1-29-10-5-6-13(30-2)11(7-10)25-18(21-22-23-25)31-8-12(26)14-15(19)24(9-3-4-9)17(28)20-16(14)27/h5-7,9H,3-4,8,19H2,1-2H3,(H,20,27,28). The molecule has 1 aliphatic carbocycles. The fourth-order valence-electron chi connectivity index (χ4n) is 3.12. The first-order chi connectivity index (χ1) is 14.9. The molecule has 0 amide bonds. The first-order valence-corrected chi connectivity index (χ1v) is 10.2. The highest BCUT2D eigenvalue weighted by molar-refractivity contribution is 7.99. The number of ether oxygens (including phenoxy) is 2. The predicted octanol–water partition coefficient (Wildman–Crippen LogP) is 0.422. The van der Waals surface area contributed by atoms with Crippen LogP contribution in [0.4, 0.5) is 5.82 Å². The predicted molar refractivity (Wildman–Crippen MR) is 111 cm³/mol. The van der Waals surface area contributed by atoms with Crippen LogP contribution in [0.3, 0.4) is 0 Å². The summed E-state index contributed by atoms with van der Waals surface area (Å²) in [4.78, 5) is 39.3. The molecule has 12 nitrogen and oxygen atoms in total. The van der Waals surface area contributed by atoms with Crippen LogP contribution in [0.5, 0.6) is 11.5 Å². The molecule has 1 aromatic carbocycles. The SMILES string of the molecule is COc1ccc(OC)c(-n2nnnc2SCC(=O)c2c(N)n(C3CC3)c(=O)[nH]c2=O)c1. The summed E-state index contributed by atoms with van der Waals surface area (Å²) in [6, 6.07) is 5.04. The van der Waals surface area contributed by atoms with Gasteiger partial charge in [-0.1, -0.05) is 11.8 Å². The van der Waals surface area contributed by atoms with Crippen LogP contribution in [-0.4, -0.2) is 55.5 Å². The van der Waals surface area contributed by atoms with E-state index in [0.29, 0.717) is 22.3 Å². The van der Waals surface area contributed by atoms with Gasteiger partial charge in [0.05, 0.1) is 20.0 Å². The van der Waals surface area contributed by atoms with Crippen molar-refractivity contribution in [1.82, 2.24) is 29.8 Å². The Labute approximate surface area is 179 Å². The summed E-state index contributed by atoms with van der Waals surface area (Å²) in [6.07, 6.45) is 1.55. The van der Waals surface area contributed by atoms with Gasteiger partial charge in [-0.05, 0) is 35.4 Å². The second-order valence-corrected chi connectivity index (χ2v) is 7.69. The van der Waals surface area contributed by atoms with E-state index in [9.17, 15) is 14.4 Å². The fourth-order valence-corrected chi connectivity index (χ4v) is 3.87. The Kier molecular flexibility index (Phi) is 5.50. The molecule has 0 spiro atoms. The first kappa shape index (κ1) is 20.7. The zero-order valence-corrected chi connectivity index (χ0v) is 17.5. The van der Waals surface area contributed by atoms with Gasteiger partial charge in [0.15, 0.2) is 5.78 Å². The second-order valence-electron chi connectivity index (χ2n) is 6.74. The van der Waals surface area contributed by atoms with Gasteiger partial charge in [-0.25, -0.2) is 4.79 Å². The van der Waals surface area contributed by atoms with E-state index < -0.39 is 17.0 Å². The number of nitrogen functional groups attached to an aromatic ring is 1. The van der Waals surface area contributed by atoms with E-state index in [-0.39, 0.29) is 23.2 Å². The molecule has 0 saturated heterocycles. The minimum atomic E-state index is -0.806. The molecule has 13 heteroatoms. The molecule has 4 rings (SSSR count). The van der Waals surface area contributed by atoms with Crippen LogP contribution in [0, 0.1) is 0 Å². The average molecular weight is 445 g/mol. The zero-order chi connectivity index (χ0) is 22.1. The lowest BCUT2D eigenvalue weighted by Crippen LogP contribution is -2.36. The Balaban J connectivity index is 1.61. The maximum absolute atomic E-state index is 12.8. The van der Waals surface area contributed by atoms with E-state index >= 15 is 0 Å². The number of aromatic amines is 1. The van der Waals surface area contributed by atoms with Crippen LogP contribution in [0.25, 0.3) is 5.69 Å². The highest BCUT2D eigenvalue weighted by Gasteiger charge is 2.30. The highest BCUT2D eigenvalue weighted by atomic mass is 32.2. The van der Waals surface area contributed by atoms with E-state index in [2.05, 4.69) is 20.5 Å². The zero-order valence-electron chi connectivity index (χ0n) is 16.7. The summed E-state index contributed by atoms with van der Waals surface area (Å²) in [5, 5.41) is 11.9. The number of carbonyl (C=O) groups excluding carboxylic acids is 1. The summed E-state index contributed by atoms with van der Waals surface area (Å²) < 4.78 is 13.3. The van der Waals surface area contributed by atoms with Crippen molar-refractivity contribution < 1.29 is 14.3 Å². The van der Waals surface area contributed by atoms with Crippen LogP contribution < -0.4 is 26.5 Å². The summed E-state index contributed by atoms with van der Waals surface area (Å²) in [6.45, 7) is 0. The van der Waals surface area contributed by atoms with Crippen molar-refractivity contribution in [3.8, 4) is 17.2 Å². The van der Waals surface area contributed by atoms with Gasteiger partial charge in [0.1, 0.15) is 28.6 Å². The normalized spacial score (nSPS) is 13.2. The van der Waals surface area contributed by atoms with Gasteiger partial charge >= 0.3 is 5.69 Å². The summed E-state index contributed by atoms with van der Waals surface area (Å²) >= 11 is 1.02. The number of methoxy groups -OCH3 is 2. The smallest absolute Gasteiger partial charge is 0.330 e. The fraction of sp³-hybridized carbons (Fsp3) is 0.333. The van der Waals surface area contributed by atoms with Crippen molar-refractivity contribution in [3.63, 3.8) is 0 Å². The maximum atomic E-state index is 12.8. The van der Waals surface area contributed by atoms with Crippen molar-refractivity contribution >= 4 is 23.4 Å². The highest BCUT2D eigenvalue weighted by Crippen LogP contribution is 2.35. The molecule has 2 heterocycles. The molecule has 3 N–H and O–H groups in total. The van der Waals surface area contributed by atoms with Crippen LogP contribution in [0.2, 0.25) is 0 Å². The monoisotopic (exact) mass is 445 g/mol. The summed E-state index contributed by atoms with van der Waals surface area (Å²) in [5.74, 6) is 0.252. The number of rotatable bonds is 8. The molecule has 1 fully saturated rings. The van der Waals surface area contributed by atoms with Crippen molar-refractivity contribution in [3.05, 3.63) is 44.6 Å². The Hall–Kier alpha value is -3.61. The Morgan fingerprint density at radius 2 is 2.06 bits per heavy atom. The summed E-state index contributed by atoms with van der Waals surface area (Å²) in [5.41, 5.74) is 4.87. The number of nitrogens with one attached hydrogen (secondary N) is 1. The number of anilines is 1. The molecule has 31 heavy (non-hydrogen) atoms. The van der Waals surface area contributed by atoms with E-state index in [1.165, 1.54) is 23.5 Å². The number of aromatic nitrogens is 6. The molecule has 0 radical (unpaired) electrons.